The summed E-state index contributed by atoms with van der Waals surface area (Å²) in [5, 5.41) is 17.5. The zero-order valence-electron chi connectivity index (χ0n) is 7.86. The lowest BCUT2D eigenvalue weighted by Crippen LogP contribution is -1.99. The van der Waals surface area contributed by atoms with Crippen molar-refractivity contribution in [1.29, 1.82) is 0 Å². The molecule has 0 aromatic heterocycles. The van der Waals surface area contributed by atoms with E-state index in [0.717, 1.165) is 16.0 Å². The number of carbonyl (C=O) groups is 1. The van der Waals surface area contributed by atoms with Gasteiger partial charge in [-0.2, -0.15) is 0 Å². The van der Waals surface area contributed by atoms with Gasteiger partial charge in [-0.3, -0.25) is 4.79 Å². The number of hydrogen-bond donors (Lipinski definition) is 2. The summed E-state index contributed by atoms with van der Waals surface area (Å²) in [5.74, 6) is -0.779. The first-order valence-electron chi connectivity index (χ1n) is 4.19. The Hall–Kier alpha value is -1.00. The number of rotatable bonds is 4. The Balaban J connectivity index is 2.81. The SMILES string of the molecule is Cc1c(CO)cccc1SCC(=O)O. The third-order valence-corrected chi connectivity index (χ3v) is 3.06. The Bertz CT molecular complexity index is 336. The molecule has 1 aromatic rings. The number of thioether (sulfide) groups is 1. The van der Waals surface area contributed by atoms with Crippen LogP contribution in [0.4, 0.5) is 0 Å². The van der Waals surface area contributed by atoms with Gasteiger partial charge in [0.25, 0.3) is 0 Å². The van der Waals surface area contributed by atoms with Crippen LogP contribution in [0.25, 0.3) is 0 Å². The van der Waals surface area contributed by atoms with Crippen LogP contribution in [-0.2, 0) is 11.4 Å². The molecule has 0 aliphatic heterocycles. The minimum atomic E-state index is -0.830. The van der Waals surface area contributed by atoms with E-state index in [2.05, 4.69) is 0 Å². The molecule has 3 nitrogen and oxygen atoms in total. The van der Waals surface area contributed by atoms with E-state index >= 15 is 0 Å². The van der Waals surface area contributed by atoms with E-state index in [1.165, 1.54) is 11.8 Å². The molecule has 0 spiro atoms. The molecule has 4 heteroatoms. The molecule has 1 aromatic carbocycles. The summed E-state index contributed by atoms with van der Waals surface area (Å²) in [4.78, 5) is 11.3. The highest BCUT2D eigenvalue weighted by Crippen LogP contribution is 2.24. The maximum absolute atomic E-state index is 10.4. The molecule has 76 valence electrons. The molecule has 0 amide bonds. The molecule has 0 bridgehead atoms. The van der Waals surface area contributed by atoms with Crippen molar-refractivity contribution in [3.05, 3.63) is 29.3 Å². The van der Waals surface area contributed by atoms with Crippen molar-refractivity contribution in [2.45, 2.75) is 18.4 Å². The fourth-order valence-electron chi connectivity index (χ4n) is 1.13. The smallest absolute Gasteiger partial charge is 0.313 e. The predicted octanol–water partition coefficient (Wildman–Crippen LogP) is 1.66. The Kier molecular flexibility index (Phi) is 3.98. The Morgan fingerprint density at radius 2 is 2.21 bits per heavy atom. The highest BCUT2D eigenvalue weighted by atomic mass is 32.2. The molecular weight excluding hydrogens is 200 g/mol. The Morgan fingerprint density at radius 1 is 1.50 bits per heavy atom. The van der Waals surface area contributed by atoms with E-state index in [1.807, 2.05) is 25.1 Å². The van der Waals surface area contributed by atoms with E-state index in [9.17, 15) is 4.79 Å². The number of aliphatic hydroxyl groups excluding tert-OH is 1. The zero-order valence-corrected chi connectivity index (χ0v) is 8.67. The Labute approximate surface area is 86.8 Å². The second-order valence-corrected chi connectivity index (χ2v) is 3.90. The van der Waals surface area contributed by atoms with Gasteiger partial charge in [0.1, 0.15) is 0 Å². The molecular formula is C10H12O3S. The van der Waals surface area contributed by atoms with Crippen molar-refractivity contribution < 1.29 is 15.0 Å². The maximum atomic E-state index is 10.4. The number of benzene rings is 1. The summed E-state index contributed by atoms with van der Waals surface area (Å²) < 4.78 is 0. The van der Waals surface area contributed by atoms with E-state index in [-0.39, 0.29) is 12.4 Å². The van der Waals surface area contributed by atoms with Crippen LogP contribution >= 0.6 is 11.8 Å². The molecule has 1 rings (SSSR count). The lowest BCUT2D eigenvalue weighted by molar-refractivity contribution is -0.133. The molecule has 2 N–H and O–H groups in total. The average molecular weight is 212 g/mol. The van der Waals surface area contributed by atoms with Crippen LogP contribution in [0.2, 0.25) is 0 Å². The predicted molar refractivity (Wildman–Crippen MR) is 55.5 cm³/mol. The van der Waals surface area contributed by atoms with Crippen LogP contribution in [0.1, 0.15) is 11.1 Å². The van der Waals surface area contributed by atoms with Crippen molar-refractivity contribution in [3.8, 4) is 0 Å². The minimum Gasteiger partial charge on any atom is -0.481 e. The maximum Gasteiger partial charge on any atom is 0.313 e. The number of aliphatic hydroxyl groups is 1. The average Bonchev–Trinajstić information content (AvgIpc) is 2.16. The van der Waals surface area contributed by atoms with Crippen LogP contribution in [0.3, 0.4) is 0 Å². The molecule has 0 atom stereocenters. The van der Waals surface area contributed by atoms with Crippen molar-refractivity contribution in [2.75, 3.05) is 5.75 Å². The van der Waals surface area contributed by atoms with Crippen molar-refractivity contribution in [2.24, 2.45) is 0 Å². The lowest BCUT2D eigenvalue weighted by atomic mass is 10.1. The fraction of sp³-hybridized carbons (Fsp3) is 0.300. The van der Waals surface area contributed by atoms with Crippen molar-refractivity contribution >= 4 is 17.7 Å². The number of hydrogen-bond acceptors (Lipinski definition) is 3. The van der Waals surface area contributed by atoms with Crippen LogP contribution in [0.5, 0.6) is 0 Å². The zero-order chi connectivity index (χ0) is 10.6. The van der Waals surface area contributed by atoms with Crippen molar-refractivity contribution in [3.63, 3.8) is 0 Å². The lowest BCUT2D eigenvalue weighted by Gasteiger charge is -2.07. The van der Waals surface area contributed by atoms with E-state index in [4.69, 9.17) is 10.2 Å². The summed E-state index contributed by atoms with van der Waals surface area (Å²) in [5.41, 5.74) is 1.81. The van der Waals surface area contributed by atoms with Crippen molar-refractivity contribution in [1.82, 2.24) is 0 Å². The molecule has 0 saturated heterocycles. The standard InChI is InChI=1S/C10H12O3S/c1-7-8(5-11)3-2-4-9(7)14-6-10(12)13/h2-4,11H,5-6H2,1H3,(H,12,13). The first kappa shape index (κ1) is 11.1. The van der Waals surface area contributed by atoms with Gasteiger partial charge in [0.2, 0.25) is 0 Å². The quantitative estimate of drug-likeness (QED) is 0.745. The van der Waals surface area contributed by atoms with E-state index < -0.39 is 5.97 Å². The van der Waals surface area contributed by atoms with Gasteiger partial charge in [0.05, 0.1) is 12.4 Å². The van der Waals surface area contributed by atoms with Gasteiger partial charge in [-0.15, -0.1) is 11.8 Å². The first-order valence-corrected chi connectivity index (χ1v) is 5.17. The van der Waals surface area contributed by atoms with Crippen LogP contribution in [0, 0.1) is 6.92 Å². The van der Waals surface area contributed by atoms with Gasteiger partial charge < -0.3 is 10.2 Å². The monoisotopic (exact) mass is 212 g/mol. The summed E-state index contributed by atoms with van der Waals surface area (Å²) in [6, 6.07) is 5.52. The van der Waals surface area contributed by atoms with Gasteiger partial charge in [0, 0.05) is 4.90 Å². The first-order chi connectivity index (χ1) is 6.65. The topological polar surface area (TPSA) is 57.5 Å². The van der Waals surface area contributed by atoms with Gasteiger partial charge in [-0.1, -0.05) is 12.1 Å². The molecule has 0 aliphatic rings. The summed E-state index contributed by atoms with van der Waals surface area (Å²) >= 11 is 1.27. The highest BCUT2D eigenvalue weighted by molar-refractivity contribution is 8.00. The van der Waals surface area contributed by atoms with E-state index in [1.54, 1.807) is 0 Å². The molecule has 0 fully saturated rings. The summed E-state index contributed by atoms with van der Waals surface area (Å²) in [6.07, 6.45) is 0. The van der Waals surface area contributed by atoms with Gasteiger partial charge >= 0.3 is 5.97 Å². The molecule has 0 unspecified atom stereocenters. The molecule has 14 heavy (non-hydrogen) atoms. The molecule has 0 heterocycles. The Morgan fingerprint density at radius 3 is 2.79 bits per heavy atom. The molecule has 0 saturated carbocycles. The van der Waals surface area contributed by atoms with Gasteiger partial charge in [0.15, 0.2) is 0 Å². The second kappa shape index (κ2) is 5.02. The molecule has 0 aliphatic carbocycles. The van der Waals surface area contributed by atoms with Gasteiger partial charge in [-0.05, 0) is 24.1 Å². The third kappa shape index (κ3) is 2.75. The number of aliphatic carboxylic acids is 1. The number of carboxylic acid groups (broad SMARTS) is 1. The fourth-order valence-corrected chi connectivity index (χ4v) is 1.93. The van der Waals surface area contributed by atoms with Crippen LogP contribution < -0.4 is 0 Å². The third-order valence-electron chi connectivity index (χ3n) is 1.92. The highest BCUT2D eigenvalue weighted by Gasteiger charge is 2.05. The minimum absolute atomic E-state index is 0.00664. The molecule has 0 radical (unpaired) electrons. The van der Waals surface area contributed by atoms with Crippen LogP contribution in [-0.4, -0.2) is 21.9 Å². The van der Waals surface area contributed by atoms with E-state index in [0.29, 0.717) is 0 Å². The largest absolute Gasteiger partial charge is 0.481 e. The number of carboxylic acids is 1. The summed E-state index contributed by atoms with van der Waals surface area (Å²) in [6.45, 7) is 1.88. The normalized spacial score (nSPS) is 10.1. The summed E-state index contributed by atoms with van der Waals surface area (Å²) in [7, 11) is 0. The second-order valence-electron chi connectivity index (χ2n) is 2.88. The van der Waals surface area contributed by atoms with Crippen LogP contribution in [0.15, 0.2) is 23.1 Å². The van der Waals surface area contributed by atoms with Gasteiger partial charge in [-0.25, -0.2) is 0 Å².